The van der Waals surface area contributed by atoms with Gasteiger partial charge in [0.2, 0.25) is 5.89 Å². The summed E-state index contributed by atoms with van der Waals surface area (Å²) < 4.78 is 5.70. The molecule has 2 unspecified atom stereocenters. The summed E-state index contributed by atoms with van der Waals surface area (Å²) in [6, 6.07) is 1.97. The van der Waals surface area contributed by atoms with E-state index >= 15 is 0 Å². The van der Waals surface area contributed by atoms with E-state index in [2.05, 4.69) is 39.6 Å². The third kappa shape index (κ3) is 3.30. The van der Waals surface area contributed by atoms with Gasteiger partial charge in [0.05, 0.1) is 6.04 Å². The molecule has 2 heterocycles. The van der Waals surface area contributed by atoms with Crippen molar-refractivity contribution in [3.05, 3.63) is 5.89 Å². The maximum absolute atomic E-state index is 5.70. The maximum Gasteiger partial charge on any atom is 0.315 e. The lowest BCUT2D eigenvalue weighted by Gasteiger charge is -2.14. The second kappa shape index (κ2) is 6.10. The number of nitrogens with zero attached hydrogens (tertiary/aromatic N) is 3. The molecule has 2 fully saturated rings. The molecule has 6 nitrogen and oxygen atoms in total. The van der Waals surface area contributed by atoms with Crippen LogP contribution in [0, 0.1) is 0 Å². The number of aromatic nitrogens is 2. The Balaban J connectivity index is 1.49. The number of nitrogens with one attached hydrogen (secondary N) is 2. The molecule has 20 heavy (non-hydrogen) atoms. The van der Waals surface area contributed by atoms with Crippen molar-refractivity contribution in [3.63, 3.8) is 0 Å². The standard InChI is InChI=1S/C14H25N5O/c1-3-7-15-10(2)13-17-18-14(20-13)16-11-6-8-19(9-11)12-4-5-12/h10-12,15H,3-9H2,1-2H3,(H,16,18). The van der Waals surface area contributed by atoms with Crippen molar-refractivity contribution in [1.29, 1.82) is 0 Å². The molecule has 1 saturated carbocycles. The highest BCUT2D eigenvalue weighted by Crippen LogP contribution is 2.30. The van der Waals surface area contributed by atoms with E-state index in [1.54, 1.807) is 0 Å². The number of hydrogen-bond donors (Lipinski definition) is 2. The largest absolute Gasteiger partial charge is 0.406 e. The van der Waals surface area contributed by atoms with E-state index in [-0.39, 0.29) is 6.04 Å². The van der Waals surface area contributed by atoms with Crippen LogP contribution in [0.1, 0.15) is 51.5 Å². The molecule has 1 aromatic rings. The van der Waals surface area contributed by atoms with Crippen molar-refractivity contribution in [2.75, 3.05) is 25.0 Å². The predicted molar refractivity (Wildman–Crippen MR) is 77.6 cm³/mol. The van der Waals surface area contributed by atoms with Crippen molar-refractivity contribution >= 4 is 6.01 Å². The van der Waals surface area contributed by atoms with Crippen molar-refractivity contribution in [2.24, 2.45) is 0 Å². The van der Waals surface area contributed by atoms with Gasteiger partial charge in [-0.05, 0) is 39.2 Å². The zero-order chi connectivity index (χ0) is 13.9. The van der Waals surface area contributed by atoms with E-state index in [0.717, 1.165) is 32.0 Å². The molecule has 0 radical (unpaired) electrons. The zero-order valence-corrected chi connectivity index (χ0v) is 12.4. The van der Waals surface area contributed by atoms with Crippen LogP contribution in [0.25, 0.3) is 0 Å². The molecule has 0 amide bonds. The molecular weight excluding hydrogens is 254 g/mol. The Hall–Kier alpha value is -1.14. The number of anilines is 1. The molecule has 1 aliphatic carbocycles. The molecule has 6 heteroatoms. The minimum atomic E-state index is 0.115. The average Bonchev–Trinajstić information content (AvgIpc) is 3.02. The van der Waals surface area contributed by atoms with Crippen LogP contribution in [-0.4, -0.2) is 46.8 Å². The first-order chi connectivity index (χ1) is 9.76. The number of likely N-dealkylation sites (tertiary alicyclic amines) is 1. The molecular formula is C14H25N5O. The molecule has 3 rings (SSSR count). The minimum absolute atomic E-state index is 0.115. The van der Waals surface area contributed by atoms with Crippen LogP contribution in [0.2, 0.25) is 0 Å². The quantitative estimate of drug-likeness (QED) is 0.793. The van der Waals surface area contributed by atoms with E-state index in [0.29, 0.717) is 17.9 Å². The Morgan fingerprint density at radius 1 is 1.35 bits per heavy atom. The lowest BCUT2D eigenvalue weighted by molar-refractivity contribution is 0.325. The van der Waals surface area contributed by atoms with Gasteiger partial charge in [-0.25, -0.2) is 0 Å². The van der Waals surface area contributed by atoms with Gasteiger partial charge in [-0.3, -0.25) is 4.90 Å². The van der Waals surface area contributed by atoms with Gasteiger partial charge in [0, 0.05) is 25.2 Å². The third-order valence-corrected chi connectivity index (χ3v) is 4.12. The Bertz CT molecular complexity index is 431. The van der Waals surface area contributed by atoms with Crippen LogP contribution < -0.4 is 10.6 Å². The van der Waals surface area contributed by atoms with Crippen LogP contribution >= 0.6 is 0 Å². The summed E-state index contributed by atoms with van der Waals surface area (Å²) >= 11 is 0. The summed E-state index contributed by atoms with van der Waals surface area (Å²) in [7, 11) is 0. The van der Waals surface area contributed by atoms with Crippen LogP contribution in [0.15, 0.2) is 4.42 Å². The summed E-state index contributed by atoms with van der Waals surface area (Å²) in [5.41, 5.74) is 0. The topological polar surface area (TPSA) is 66.2 Å². The lowest BCUT2D eigenvalue weighted by Crippen LogP contribution is -2.27. The van der Waals surface area contributed by atoms with Gasteiger partial charge in [-0.15, -0.1) is 5.10 Å². The molecule has 2 aliphatic rings. The van der Waals surface area contributed by atoms with Crippen molar-refractivity contribution in [3.8, 4) is 0 Å². The Morgan fingerprint density at radius 3 is 2.95 bits per heavy atom. The highest BCUT2D eigenvalue weighted by Gasteiger charge is 2.34. The molecule has 1 saturated heterocycles. The summed E-state index contributed by atoms with van der Waals surface area (Å²) in [4.78, 5) is 2.57. The Labute approximate surface area is 120 Å². The molecule has 2 N–H and O–H groups in total. The SMILES string of the molecule is CCCNC(C)c1nnc(NC2CCN(C3CC3)C2)o1. The molecule has 0 bridgehead atoms. The van der Waals surface area contributed by atoms with Gasteiger partial charge in [0.15, 0.2) is 0 Å². The fourth-order valence-corrected chi connectivity index (χ4v) is 2.77. The van der Waals surface area contributed by atoms with Crippen LogP contribution in [0.5, 0.6) is 0 Å². The van der Waals surface area contributed by atoms with E-state index in [1.807, 2.05) is 0 Å². The third-order valence-electron chi connectivity index (χ3n) is 4.12. The Kier molecular flexibility index (Phi) is 4.21. The summed E-state index contributed by atoms with van der Waals surface area (Å²) in [5, 5.41) is 15.0. The number of hydrogen-bond acceptors (Lipinski definition) is 6. The fourth-order valence-electron chi connectivity index (χ4n) is 2.77. The van der Waals surface area contributed by atoms with Gasteiger partial charge in [-0.1, -0.05) is 12.0 Å². The predicted octanol–water partition coefficient (Wildman–Crippen LogP) is 1.78. The summed E-state index contributed by atoms with van der Waals surface area (Å²) in [6.07, 6.45) is 5.01. The normalized spacial score (nSPS) is 25.0. The van der Waals surface area contributed by atoms with E-state index < -0.39 is 0 Å². The van der Waals surface area contributed by atoms with Crippen LogP contribution in [0.4, 0.5) is 6.01 Å². The Morgan fingerprint density at radius 2 is 2.20 bits per heavy atom. The van der Waals surface area contributed by atoms with Gasteiger partial charge < -0.3 is 15.1 Å². The highest BCUT2D eigenvalue weighted by atomic mass is 16.4. The van der Waals surface area contributed by atoms with Crippen LogP contribution in [-0.2, 0) is 0 Å². The van der Waals surface area contributed by atoms with E-state index in [9.17, 15) is 0 Å². The van der Waals surface area contributed by atoms with Gasteiger partial charge in [-0.2, -0.15) is 0 Å². The first kappa shape index (κ1) is 13.8. The second-order valence-electron chi connectivity index (χ2n) is 5.98. The van der Waals surface area contributed by atoms with Crippen molar-refractivity contribution < 1.29 is 4.42 Å². The first-order valence-electron chi connectivity index (χ1n) is 7.83. The monoisotopic (exact) mass is 279 g/mol. The molecule has 1 aromatic heterocycles. The molecule has 112 valence electrons. The maximum atomic E-state index is 5.70. The molecule has 0 spiro atoms. The van der Waals surface area contributed by atoms with E-state index in [4.69, 9.17) is 4.42 Å². The summed E-state index contributed by atoms with van der Waals surface area (Å²) in [6.45, 7) is 7.46. The smallest absolute Gasteiger partial charge is 0.315 e. The first-order valence-corrected chi connectivity index (χ1v) is 7.83. The van der Waals surface area contributed by atoms with Gasteiger partial charge in [0.1, 0.15) is 0 Å². The number of rotatable bonds is 7. The van der Waals surface area contributed by atoms with Crippen molar-refractivity contribution in [2.45, 2.75) is 57.7 Å². The second-order valence-corrected chi connectivity index (χ2v) is 5.98. The molecule has 2 atom stereocenters. The van der Waals surface area contributed by atoms with E-state index in [1.165, 1.54) is 19.4 Å². The highest BCUT2D eigenvalue weighted by molar-refractivity contribution is 5.21. The fraction of sp³-hybridized carbons (Fsp3) is 0.857. The van der Waals surface area contributed by atoms with Crippen LogP contribution in [0.3, 0.4) is 0 Å². The average molecular weight is 279 g/mol. The molecule has 0 aromatic carbocycles. The zero-order valence-electron chi connectivity index (χ0n) is 12.4. The minimum Gasteiger partial charge on any atom is -0.406 e. The van der Waals surface area contributed by atoms with Gasteiger partial charge in [0.25, 0.3) is 0 Å². The summed E-state index contributed by atoms with van der Waals surface area (Å²) in [5.74, 6) is 0.665. The van der Waals surface area contributed by atoms with Crippen molar-refractivity contribution in [1.82, 2.24) is 20.4 Å². The lowest BCUT2D eigenvalue weighted by atomic mass is 10.3. The van der Waals surface area contributed by atoms with Gasteiger partial charge >= 0.3 is 6.01 Å². The molecule has 1 aliphatic heterocycles.